The van der Waals surface area contributed by atoms with E-state index in [0.29, 0.717) is 11.7 Å². The molecule has 2 aliphatic carbocycles. The van der Waals surface area contributed by atoms with Gasteiger partial charge in [-0.2, -0.15) is 0 Å². The van der Waals surface area contributed by atoms with Crippen LogP contribution in [0.1, 0.15) is 41.0 Å². The number of ketones is 1. The number of hydrogen-bond acceptors (Lipinski definition) is 1. The topological polar surface area (TPSA) is 17.1 Å². The Kier molecular flexibility index (Phi) is 1.79. The van der Waals surface area contributed by atoms with Gasteiger partial charge < -0.3 is 0 Å². The van der Waals surface area contributed by atoms with Crippen LogP contribution in [0.4, 0.5) is 0 Å². The van der Waals surface area contributed by atoms with Crippen molar-refractivity contribution >= 4 is 5.78 Å². The Hall–Kier alpha value is -1.11. The minimum absolute atomic E-state index is 0.250. The van der Waals surface area contributed by atoms with Gasteiger partial charge in [-0.15, -0.1) is 0 Å². The van der Waals surface area contributed by atoms with E-state index in [0.717, 1.165) is 19.3 Å². The zero-order valence-corrected chi connectivity index (χ0v) is 9.34. The van der Waals surface area contributed by atoms with Gasteiger partial charge in [0, 0.05) is 12.3 Å². The molecule has 2 atom stereocenters. The van der Waals surface area contributed by atoms with E-state index in [1.165, 1.54) is 22.3 Å². The zero-order chi connectivity index (χ0) is 10.6. The lowest BCUT2D eigenvalue weighted by molar-refractivity contribution is -0.118. The molecule has 1 fully saturated rings. The van der Waals surface area contributed by atoms with Crippen LogP contribution >= 0.6 is 0 Å². The van der Waals surface area contributed by atoms with Crippen molar-refractivity contribution in [2.24, 2.45) is 5.92 Å². The summed E-state index contributed by atoms with van der Waals surface area (Å²) in [6, 6.07) is 4.36. The van der Waals surface area contributed by atoms with Gasteiger partial charge in [0.05, 0.1) is 0 Å². The third-order valence-corrected chi connectivity index (χ3v) is 4.17. The van der Waals surface area contributed by atoms with Gasteiger partial charge in [-0.25, -0.2) is 0 Å². The first-order valence-corrected chi connectivity index (χ1v) is 5.80. The first-order valence-electron chi connectivity index (χ1n) is 5.80. The number of carbonyl (C=O) groups is 1. The summed E-state index contributed by atoms with van der Waals surface area (Å²) >= 11 is 0. The second-order valence-corrected chi connectivity index (χ2v) is 5.04. The first kappa shape index (κ1) is 9.14. The van der Waals surface area contributed by atoms with E-state index in [4.69, 9.17) is 0 Å². The summed E-state index contributed by atoms with van der Waals surface area (Å²) in [6.45, 7) is 4.32. The maximum atomic E-state index is 11.9. The van der Waals surface area contributed by atoms with E-state index in [2.05, 4.69) is 26.0 Å². The van der Waals surface area contributed by atoms with Crippen LogP contribution < -0.4 is 0 Å². The van der Waals surface area contributed by atoms with Crippen LogP contribution in [-0.2, 0) is 11.2 Å². The third kappa shape index (κ3) is 1.12. The Labute approximate surface area is 90.5 Å². The Morgan fingerprint density at radius 2 is 1.93 bits per heavy atom. The monoisotopic (exact) mass is 200 g/mol. The molecule has 1 nitrogen and oxygen atoms in total. The van der Waals surface area contributed by atoms with Gasteiger partial charge in [0.25, 0.3) is 0 Å². The second kappa shape index (κ2) is 2.94. The summed E-state index contributed by atoms with van der Waals surface area (Å²) in [7, 11) is 0. The molecule has 1 aromatic rings. The molecule has 3 rings (SSSR count). The Morgan fingerprint density at radius 3 is 2.73 bits per heavy atom. The van der Waals surface area contributed by atoms with E-state index in [1.807, 2.05) is 0 Å². The van der Waals surface area contributed by atoms with Gasteiger partial charge in [-0.1, -0.05) is 12.1 Å². The fraction of sp³-hybridized carbons (Fsp3) is 0.500. The average molecular weight is 200 g/mol. The van der Waals surface area contributed by atoms with E-state index in [9.17, 15) is 4.79 Å². The number of rotatable bonds is 0. The molecule has 1 saturated carbocycles. The average Bonchev–Trinajstić information content (AvgIpc) is 2.74. The summed E-state index contributed by atoms with van der Waals surface area (Å²) < 4.78 is 0. The number of benzene rings is 1. The largest absolute Gasteiger partial charge is 0.299 e. The van der Waals surface area contributed by atoms with Crippen LogP contribution in [0, 0.1) is 19.8 Å². The molecule has 1 aromatic carbocycles. The molecular weight excluding hydrogens is 184 g/mol. The normalized spacial score (nSPS) is 28.0. The smallest absolute Gasteiger partial charge is 0.140 e. The Morgan fingerprint density at radius 1 is 1.20 bits per heavy atom. The van der Waals surface area contributed by atoms with E-state index >= 15 is 0 Å². The third-order valence-electron chi connectivity index (χ3n) is 4.17. The minimum Gasteiger partial charge on any atom is -0.299 e. The minimum atomic E-state index is 0.250. The molecule has 0 aliphatic heterocycles. The van der Waals surface area contributed by atoms with Crippen LogP contribution in [0.5, 0.6) is 0 Å². The van der Waals surface area contributed by atoms with Crippen LogP contribution in [0.3, 0.4) is 0 Å². The summed E-state index contributed by atoms with van der Waals surface area (Å²) in [4.78, 5) is 11.9. The molecule has 0 radical (unpaired) electrons. The number of hydrogen-bond donors (Lipinski definition) is 0. The second-order valence-electron chi connectivity index (χ2n) is 5.04. The van der Waals surface area contributed by atoms with Crippen molar-refractivity contribution < 1.29 is 4.79 Å². The first-order chi connectivity index (χ1) is 7.18. The maximum Gasteiger partial charge on any atom is 0.140 e. The standard InChI is InChI=1S/C14H16O/c1-8-3-4-9(2)13-11(8)7-10-5-6-12(15)14(10)13/h3-4,10,14H,5-7H2,1-2H3. The molecule has 0 saturated heterocycles. The fourth-order valence-corrected chi connectivity index (χ4v) is 3.39. The summed E-state index contributed by atoms with van der Waals surface area (Å²) in [6.07, 6.45) is 3.05. The summed E-state index contributed by atoms with van der Waals surface area (Å²) in [5.74, 6) is 1.35. The van der Waals surface area contributed by atoms with Crippen LogP contribution in [-0.4, -0.2) is 5.78 Å². The van der Waals surface area contributed by atoms with Crippen molar-refractivity contribution in [3.05, 3.63) is 34.4 Å². The van der Waals surface area contributed by atoms with Crippen LogP contribution in [0.25, 0.3) is 0 Å². The van der Waals surface area contributed by atoms with Crippen molar-refractivity contribution in [3.8, 4) is 0 Å². The lowest BCUT2D eigenvalue weighted by Gasteiger charge is -2.12. The molecule has 0 heterocycles. The molecule has 2 aliphatic rings. The highest BCUT2D eigenvalue weighted by Crippen LogP contribution is 2.48. The predicted octanol–water partition coefficient (Wildman–Crippen LogP) is 2.92. The molecule has 1 heteroatoms. The van der Waals surface area contributed by atoms with Gasteiger partial charge >= 0.3 is 0 Å². The van der Waals surface area contributed by atoms with Crippen molar-refractivity contribution in [3.63, 3.8) is 0 Å². The SMILES string of the molecule is Cc1ccc(C)c2c1CC1CCC(=O)C21. The number of aryl methyl sites for hydroxylation is 2. The fourth-order valence-electron chi connectivity index (χ4n) is 3.39. The summed E-state index contributed by atoms with van der Waals surface area (Å²) in [5.41, 5.74) is 5.54. The molecular formula is C14H16O. The quantitative estimate of drug-likeness (QED) is 0.629. The van der Waals surface area contributed by atoms with Crippen molar-refractivity contribution in [1.29, 1.82) is 0 Å². The molecule has 0 bridgehead atoms. The van der Waals surface area contributed by atoms with Crippen molar-refractivity contribution in [2.45, 2.75) is 39.0 Å². The lowest BCUT2D eigenvalue weighted by atomic mass is 9.91. The molecule has 2 unspecified atom stereocenters. The van der Waals surface area contributed by atoms with Gasteiger partial charge in [0.2, 0.25) is 0 Å². The van der Waals surface area contributed by atoms with Crippen molar-refractivity contribution in [2.75, 3.05) is 0 Å². The van der Waals surface area contributed by atoms with E-state index < -0.39 is 0 Å². The summed E-state index contributed by atoms with van der Waals surface area (Å²) in [5, 5.41) is 0. The van der Waals surface area contributed by atoms with E-state index in [-0.39, 0.29) is 5.92 Å². The van der Waals surface area contributed by atoms with Gasteiger partial charge in [0.15, 0.2) is 0 Å². The molecule has 15 heavy (non-hydrogen) atoms. The molecule has 0 spiro atoms. The maximum absolute atomic E-state index is 11.9. The van der Waals surface area contributed by atoms with Gasteiger partial charge in [0.1, 0.15) is 5.78 Å². The van der Waals surface area contributed by atoms with Gasteiger partial charge in [-0.05, 0) is 54.9 Å². The van der Waals surface area contributed by atoms with Crippen LogP contribution in [0.15, 0.2) is 12.1 Å². The van der Waals surface area contributed by atoms with Crippen LogP contribution in [0.2, 0.25) is 0 Å². The predicted molar refractivity (Wildman–Crippen MR) is 60.1 cm³/mol. The molecule has 0 N–H and O–H groups in total. The number of Topliss-reactive ketones (excluding diaryl/α,β-unsaturated/α-hetero) is 1. The Bertz CT molecular complexity index is 445. The highest BCUT2D eigenvalue weighted by atomic mass is 16.1. The highest BCUT2D eigenvalue weighted by molar-refractivity contribution is 5.90. The number of fused-ring (bicyclic) bond motifs is 3. The molecule has 0 amide bonds. The zero-order valence-electron chi connectivity index (χ0n) is 9.34. The highest BCUT2D eigenvalue weighted by Gasteiger charge is 2.42. The molecule has 78 valence electrons. The number of carbonyl (C=O) groups excluding carboxylic acids is 1. The van der Waals surface area contributed by atoms with Gasteiger partial charge in [-0.3, -0.25) is 4.79 Å². The Balaban J connectivity index is 2.21. The molecule has 0 aromatic heterocycles. The lowest BCUT2D eigenvalue weighted by Crippen LogP contribution is -2.08. The van der Waals surface area contributed by atoms with Crippen molar-refractivity contribution in [1.82, 2.24) is 0 Å². The van der Waals surface area contributed by atoms with E-state index in [1.54, 1.807) is 0 Å².